The molecule has 7 heteroatoms. The van der Waals surface area contributed by atoms with E-state index in [-0.39, 0.29) is 17.0 Å². The normalized spacial score (nSPS) is 21.1. The maximum Gasteiger partial charge on any atom is 0.240 e. The number of phenolic OH excluding ortho intramolecular Hbond substituents is 1. The zero-order chi connectivity index (χ0) is 20.7. The van der Waals surface area contributed by atoms with Gasteiger partial charge in [0.25, 0.3) is 0 Å². The molecular formula is C21H22F2N2O3. The lowest BCUT2D eigenvalue weighted by Gasteiger charge is -2.24. The van der Waals surface area contributed by atoms with Gasteiger partial charge >= 0.3 is 0 Å². The number of carbonyl (C=O) groups is 2. The second kappa shape index (κ2) is 6.89. The minimum atomic E-state index is -1.32. The van der Waals surface area contributed by atoms with Crippen molar-refractivity contribution in [1.82, 2.24) is 0 Å². The van der Waals surface area contributed by atoms with Crippen molar-refractivity contribution in [2.24, 2.45) is 16.7 Å². The van der Waals surface area contributed by atoms with Gasteiger partial charge in [0.1, 0.15) is 11.2 Å². The van der Waals surface area contributed by atoms with Crippen LogP contribution in [0, 0.1) is 28.4 Å². The van der Waals surface area contributed by atoms with Crippen LogP contribution in [0.5, 0.6) is 5.75 Å². The van der Waals surface area contributed by atoms with Crippen molar-refractivity contribution in [2.45, 2.75) is 27.2 Å². The third kappa shape index (κ3) is 3.69. The topological polar surface area (TPSA) is 78.4 Å². The van der Waals surface area contributed by atoms with E-state index in [1.54, 1.807) is 0 Å². The van der Waals surface area contributed by atoms with Crippen LogP contribution in [-0.2, 0) is 9.59 Å². The van der Waals surface area contributed by atoms with Gasteiger partial charge in [0, 0.05) is 17.4 Å². The van der Waals surface area contributed by atoms with Crippen molar-refractivity contribution in [3.63, 3.8) is 0 Å². The van der Waals surface area contributed by atoms with Crippen molar-refractivity contribution in [3.8, 4) is 5.75 Å². The highest BCUT2D eigenvalue weighted by molar-refractivity contribution is 6.17. The quantitative estimate of drug-likeness (QED) is 0.540. The molecule has 148 valence electrons. The van der Waals surface area contributed by atoms with Crippen LogP contribution in [-0.4, -0.2) is 16.9 Å². The number of aromatic hydroxyl groups is 1. The molecule has 0 heterocycles. The van der Waals surface area contributed by atoms with Crippen LogP contribution in [0.1, 0.15) is 27.2 Å². The molecule has 3 rings (SSSR count). The first-order valence-electron chi connectivity index (χ1n) is 8.91. The maximum atomic E-state index is 13.6. The lowest BCUT2D eigenvalue weighted by atomic mass is 9.83. The third-order valence-corrected chi connectivity index (χ3v) is 5.12. The van der Waals surface area contributed by atoms with Gasteiger partial charge in [-0.2, -0.15) is 0 Å². The number of phenols is 1. The van der Waals surface area contributed by atoms with Crippen LogP contribution in [0.15, 0.2) is 42.5 Å². The molecule has 5 nitrogen and oxygen atoms in total. The number of halogens is 2. The molecule has 3 N–H and O–H groups in total. The molecule has 0 aromatic heterocycles. The zero-order valence-electron chi connectivity index (χ0n) is 15.8. The van der Waals surface area contributed by atoms with Crippen molar-refractivity contribution >= 4 is 23.2 Å². The highest BCUT2D eigenvalue weighted by Gasteiger charge is 2.68. The van der Waals surface area contributed by atoms with Gasteiger partial charge in [0.15, 0.2) is 11.6 Å². The highest BCUT2D eigenvalue weighted by Crippen LogP contribution is 2.62. The lowest BCUT2D eigenvalue weighted by molar-refractivity contribution is -0.132. The summed E-state index contributed by atoms with van der Waals surface area (Å²) in [6.45, 7) is 5.83. The van der Waals surface area contributed by atoms with E-state index in [0.717, 1.165) is 12.1 Å². The summed E-state index contributed by atoms with van der Waals surface area (Å²) >= 11 is 0. The van der Waals surface area contributed by atoms with Crippen LogP contribution in [0.2, 0.25) is 0 Å². The molecule has 0 radical (unpaired) electrons. The smallest absolute Gasteiger partial charge is 0.240 e. The second-order valence-electron chi connectivity index (χ2n) is 8.18. The van der Waals surface area contributed by atoms with E-state index in [0.29, 0.717) is 12.1 Å². The van der Waals surface area contributed by atoms with Crippen LogP contribution < -0.4 is 10.6 Å². The number of hydrogen-bond donors (Lipinski definition) is 3. The maximum absolute atomic E-state index is 13.6. The van der Waals surface area contributed by atoms with Crippen LogP contribution in [0.4, 0.5) is 20.2 Å². The first-order valence-corrected chi connectivity index (χ1v) is 8.91. The third-order valence-electron chi connectivity index (χ3n) is 5.12. The summed E-state index contributed by atoms with van der Waals surface area (Å²) in [5.74, 6) is -3.08. The molecule has 2 aromatic carbocycles. The summed E-state index contributed by atoms with van der Waals surface area (Å²) in [7, 11) is 0. The molecule has 2 amide bonds. The molecular weight excluding hydrogens is 366 g/mol. The SMILES string of the molecule is CC(C)(C)C1CC1(C(=O)Nc1ccc(F)cc1)C(=O)Nc1ccc(O)c(F)c1. The van der Waals surface area contributed by atoms with Gasteiger partial charge in [0.05, 0.1) is 0 Å². The van der Waals surface area contributed by atoms with Gasteiger partial charge in [-0.15, -0.1) is 0 Å². The predicted octanol–water partition coefficient (Wildman–Crippen LogP) is 4.30. The number of anilines is 2. The molecule has 2 aromatic rings. The highest BCUT2D eigenvalue weighted by atomic mass is 19.1. The van der Waals surface area contributed by atoms with Crippen molar-refractivity contribution in [2.75, 3.05) is 10.6 Å². The van der Waals surface area contributed by atoms with E-state index >= 15 is 0 Å². The van der Waals surface area contributed by atoms with E-state index in [2.05, 4.69) is 10.6 Å². The van der Waals surface area contributed by atoms with Crippen LogP contribution in [0.25, 0.3) is 0 Å². The molecule has 28 heavy (non-hydrogen) atoms. The Morgan fingerprint density at radius 1 is 1.00 bits per heavy atom. The number of rotatable bonds is 4. The Kier molecular flexibility index (Phi) is 4.87. The fraction of sp³-hybridized carbons (Fsp3) is 0.333. The van der Waals surface area contributed by atoms with Gasteiger partial charge in [0.2, 0.25) is 11.8 Å². The average molecular weight is 388 g/mol. The van der Waals surface area contributed by atoms with Gasteiger partial charge in [-0.05, 0) is 54.2 Å². The molecule has 0 spiro atoms. The molecule has 1 fully saturated rings. The van der Waals surface area contributed by atoms with E-state index in [1.807, 2.05) is 20.8 Å². The Hall–Kier alpha value is -2.96. The van der Waals surface area contributed by atoms with E-state index in [9.17, 15) is 23.5 Å². The average Bonchev–Trinajstić information content (AvgIpc) is 3.38. The number of benzene rings is 2. The minimum Gasteiger partial charge on any atom is -0.505 e. The Labute approximate surface area is 161 Å². The molecule has 0 bridgehead atoms. The molecule has 1 aliphatic carbocycles. The van der Waals surface area contributed by atoms with Crippen molar-refractivity contribution in [3.05, 3.63) is 54.1 Å². The van der Waals surface area contributed by atoms with Crippen molar-refractivity contribution in [1.29, 1.82) is 0 Å². The van der Waals surface area contributed by atoms with Crippen molar-refractivity contribution < 1.29 is 23.5 Å². The Balaban J connectivity index is 1.85. The van der Waals surface area contributed by atoms with Crippen LogP contribution in [0.3, 0.4) is 0 Å². The first kappa shape index (κ1) is 19.8. The first-order chi connectivity index (χ1) is 13.0. The summed E-state index contributed by atoms with van der Waals surface area (Å²) in [4.78, 5) is 26.0. The fourth-order valence-electron chi connectivity index (χ4n) is 3.52. The fourth-order valence-corrected chi connectivity index (χ4v) is 3.52. The van der Waals surface area contributed by atoms with E-state index in [1.165, 1.54) is 30.3 Å². The summed E-state index contributed by atoms with van der Waals surface area (Å²) in [6.07, 6.45) is 0.343. The number of amides is 2. The Morgan fingerprint density at radius 2 is 1.54 bits per heavy atom. The predicted molar refractivity (Wildman–Crippen MR) is 102 cm³/mol. The monoisotopic (exact) mass is 388 g/mol. The lowest BCUT2D eigenvalue weighted by Crippen LogP contribution is -2.39. The van der Waals surface area contributed by atoms with Crippen LogP contribution >= 0.6 is 0 Å². The minimum absolute atomic E-state index is 0.147. The largest absolute Gasteiger partial charge is 0.505 e. The molecule has 1 saturated carbocycles. The standard InChI is InChI=1S/C21H22F2N2O3/c1-20(2,3)17-11-21(17,18(27)24-13-6-4-12(22)5-7-13)19(28)25-14-8-9-16(26)15(23)10-14/h4-10,17,26H,11H2,1-3H3,(H,24,27)(H,25,28). The molecule has 2 unspecified atom stereocenters. The molecule has 0 saturated heterocycles. The van der Waals surface area contributed by atoms with E-state index < -0.39 is 34.6 Å². The number of nitrogens with one attached hydrogen (secondary N) is 2. The van der Waals surface area contributed by atoms with Gasteiger partial charge in [-0.25, -0.2) is 8.78 Å². The number of carbonyl (C=O) groups excluding carboxylic acids is 2. The zero-order valence-corrected chi connectivity index (χ0v) is 15.8. The molecule has 0 aliphatic heterocycles. The summed E-state index contributed by atoms with van der Waals surface area (Å²) in [5.41, 5.74) is -1.10. The second-order valence-corrected chi connectivity index (χ2v) is 8.18. The molecule has 1 aliphatic rings. The summed E-state index contributed by atoms with van der Waals surface area (Å²) in [6, 6.07) is 8.75. The molecule has 2 atom stereocenters. The van der Waals surface area contributed by atoms with Gasteiger partial charge in [-0.1, -0.05) is 20.8 Å². The Bertz CT molecular complexity index is 922. The van der Waals surface area contributed by atoms with E-state index in [4.69, 9.17) is 0 Å². The summed E-state index contributed by atoms with van der Waals surface area (Å²) in [5, 5.41) is 14.6. The number of hydrogen-bond acceptors (Lipinski definition) is 3. The van der Waals surface area contributed by atoms with Gasteiger partial charge in [-0.3, -0.25) is 9.59 Å². The summed E-state index contributed by atoms with van der Waals surface area (Å²) < 4.78 is 26.7. The Morgan fingerprint density at radius 3 is 2.04 bits per heavy atom. The van der Waals surface area contributed by atoms with Gasteiger partial charge < -0.3 is 15.7 Å².